The van der Waals surface area contributed by atoms with E-state index in [1.807, 2.05) is 35.8 Å². The quantitative estimate of drug-likeness (QED) is 0.713. The number of nitrogens with two attached hydrogens (primary N) is 1. The van der Waals surface area contributed by atoms with Crippen molar-refractivity contribution in [2.75, 3.05) is 5.73 Å². The molecule has 0 aliphatic rings. The molecule has 4 heteroatoms. The van der Waals surface area contributed by atoms with Gasteiger partial charge in [-0.1, -0.05) is 12.1 Å². The number of nitrogen functional groups attached to an aromatic ring is 1. The van der Waals surface area contributed by atoms with Gasteiger partial charge >= 0.3 is 0 Å². The molecule has 88 valence electrons. The number of anilines is 1. The van der Waals surface area contributed by atoms with E-state index in [-0.39, 0.29) is 0 Å². The van der Waals surface area contributed by atoms with Crippen LogP contribution < -0.4 is 5.73 Å². The summed E-state index contributed by atoms with van der Waals surface area (Å²) in [6.45, 7) is 0. The van der Waals surface area contributed by atoms with E-state index in [1.165, 1.54) is 11.3 Å². The standard InChI is InChI=1S/C14H10N2OS/c15-14-12(7-17)13(8-18-14)10-1-2-11-6-16-4-3-9(11)5-10/h1-8H,15H2. The lowest BCUT2D eigenvalue weighted by Gasteiger charge is -2.03. The molecular weight excluding hydrogens is 244 g/mol. The Kier molecular flexibility index (Phi) is 2.57. The molecule has 0 radical (unpaired) electrons. The molecule has 2 aromatic heterocycles. The lowest BCUT2D eigenvalue weighted by atomic mass is 10.0. The van der Waals surface area contributed by atoms with Crippen LogP contribution in [0.2, 0.25) is 0 Å². The van der Waals surface area contributed by atoms with E-state index in [9.17, 15) is 4.79 Å². The second-order valence-electron chi connectivity index (χ2n) is 3.98. The van der Waals surface area contributed by atoms with E-state index in [1.54, 1.807) is 6.20 Å². The van der Waals surface area contributed by atoms with E-state index in [0.29, 0.717) is 10.6 Å². The highest BCUT2D eigenvalue weighted by molar-refractivity contribution is 7.14. The average molecular weight is 254 g/mol. The van der Waals surface area contributed by atoms with Crippen molar-refractivity contribution in [1.82, 2.24) is 4.98 Å². The first kappa shape index (κ1) is 10.9. The van der Waals surface area contributed by atoms with Crippen molar-refractivity contribution >= 4 is 33.4 Å². The molecule has 18 heavy (non-hydrogen) atoms. The Bertz CT molecular complexity index is 733. The van der Waals surface area contributed by atoms with Crippen LogP contribution in [0.5, 0.6) is 0 Å². The van der Waals surface area contributed by atoms with Gasteiger partial charge in [0.1, 0.15) is 0 Å². The van der Waals surface area contributed by atoms with Crippen molar-refractivity contribution in [1.29, 1.82) is 0 Å². The third-order valence-electron chi connectivity index (χ3n) is 2.93. The number of hydrogen-bond acceptors (Lipinski definition) is 4. The van der Waals surface area contributed by atoms with Crippen LogP contribution >= 0.6 is 11.3 Å². The van der Waals surface area contributed by atoms with Crippen LogP contribution in [0.15, 0.2) is 42.0 Å². The van der Waals surface area contributed by atoms with E-state index in [4.69, 9.17) is 5.73 Å². The highest BCUT2D eigenvalue weighted by Gasteiger charge is 2.10. The Morgan fingerprint density at radius 1 is 1.22 bits per heavy atom. The Labute approximate surface area is 108 Å². The molecule has 0 saturated heterocycles. The van der Waals surface area contributed by atoms with Crippen molar-refractivity contribution < 1.29 is 4.79 Å². The second kappa shape index (κ2) is 4.23. The number of hydrogen-bond donors (Lipinski definition) is 1. The van der Waals surface area contributed by atoms with Gasteiger partial charge in [0.05, 0.1) is 10.6 Å². The van der Waals surface area contributed by atoms with Crippen molar-refractivity contribution in [3.63, 3.8) is 0 Å². The number of rotatable bonds is 2. The van der Waals surface area contributed by atoms with Gasteiger partial charge in [0.25, 0.3) is 0 Å². The van der Waals surface area contributed by atoms with Gasteiger partial charge in [0.15, 0.2) is 6.29 Å². The predicted octanol–water partition coefficient (Wildman–Crippen LogP) is 3.36. The van der Waals surface area contributed by atoms with Crippen LogP contribution in [0, 0.1) is 0 Å². The monoisotopic (exact) mass is 254 g/mol. The van der Waals surface area contributed by atoms with Crippen molar-refractivity contribution in [2.45, 2.75) is 0 Å². The summed E-state index contributed by atoms with van der Waals surface area (Å²) < 4.78 is 0. The van der Waals surface area contributed by atoms with Crippen molar-refractivity contribution in [3.05, 3.63) is 47.6 Å². The van der Waals surface area contributed by atoms with Crippen LogP contribution in [-0.4, -0.2) is 11.3 Å². The topological polar surface area (TPSA) is 56.0 Å². The van der Waals surface area contributed by atoms with Crippen LogP contribution in [0.4, 0.5) is 5.00 Å². The molecule has 1 aromatic carbocycles. The first-order chi connectivity index (χ1) is 8.79. The Morgan fingerprint density at radius 2 is 2.11 bits per heavy atom. The highest BCUT2D eigenvalue weighted by atomic mass is 32.1. The van der Waals surface area contributed by atoms with Gasteiger partial charge in [-0.05, 0) is 23.1 Å². The summed E-state index contributed by atoms with van der Waals surface area (Å²) in [6.07, 6.45) is 4.40. The van der Waals surface area contributed by atoms with Gasteiger partial charge in [-0.3, -0.25) is 9.78 Å². The zero-order valence-electron chi connectivity index (χ0n) is 9.46. The van der Waals surface area contributed by atoms with Crippen molar-refractivity contribution in [3.8, 4) is 11.1 Å². The first-order valence-corrected chi connectivity index (χ1v) is 6.34. The van der Waals surface area contributed by atoms with Gasteiger partial charge in [0, 0.05) is 28.7 Å². The van der Waals surface area contributed by atoms with E-state index < -0.39 is 0 Å². The maximum atomic E-state index is 11.1. The average Bonchev–Trinajstić information content (AvgIpc) is 2.79. The lowest BCUT2D eigenvalue weighted by molar-refractivity contribution is 0.112. The van der Waals surface area contributed by atoms with Crippen LogP contribution in [0.3, 0.4) is 0 Å². The summed E-state index contributed by atoms with van der Waals surface area (Å²) in [5, 5.41) is 4.66. The summed E-state index contributed by atoms with van der Waals surface area (Å²) in [5.41, 5.74) is 8.25. The second-order valence-corrected chi connectivity index (χ2v) is 4.89. The molecule has 3 rings (SSSR count). The molecule has 0 saturated carbocycles. The van der Waals surface area contributed by atoms with E-state index >= 15 is 0 Å². The zero-order valence-corrected chi connectivity index (χ0v) is 10.3. The summed E-state index contributed by atoms with van der Waals surface area (Å²) in [5.74, 6) is 0. The molecule has 0 aliphatic carbocycles. The number of thiophene rings is 1. The van der Waals surface area contributed by atoms with E-state index in [2.05, 4.69) is 4.98 Å². The molecule has 2 heterocycles. The summed E-state index contributed by atoms with van der Waals surface area (Å²) in [6, 6.07) is 7.99. The molecule has 0 bridgehead atoms. The maximum absolute atomic E-state index is 11.1. The van der Waals surface area contributed by atoms with Gasteiger partial charge in [0.2, 0.25) is 0 Å². The fraction of sp³-hybridized carbons (Fsp3) is 0. The minimum Gasteiger partial charge on any atom is -0.390 e. The Balaban J connectivity index is 2.22. The number of carbonyl (C=O) groups excluding carboxylic acids is 1. The SMILES string of the molecule is Nc1scc(-c2ccc3cnccc3c2)c1C=O. The molecule has 0 spiro atoms. The molecule has 0 fully saturated rings. The lowest BCUT2D eigenvalue weighted by Crippen LogP contribution is -1.88. The molecule has 2 N–H and O–H groups in total. The van der Waals surface area contributed by atoms with Gasteiger partial charge in [-0.25, -0.2) is 0 Å². The smallest absolute Gasteiger partial charge is 0.153 e. The predicted molar refractivity (Wildman–Crippen MR) is 74.9 cm³/mol. The number of fused-ring (bicyclic) bond motifs is 1. The normalized spacial score (nSPS) is 10.7. The zero-order chi connectivity index (χ0) is 12.5. The summed E-state index contributed by atoms with van der Waals surface area (Å²) in [4.78, 5) is 15.1. The van der Waals surface area contributed by atoms with Crippen LogP contribution in [0.1, 0.15) is 10.4 Å². The minimum absolute atomic E-state index is 0.565. The van der Waals surface area contributed by atoms with Crippen molar-refractivity contribution in [2.24, 2.45) is 0 Å². The third-order valence-corrected chi connectivity index (χ3v) is 3.76. The maximum Gasteiger partial charge on any atom is 0.153 e. The molecule has 0 unspecified atom stereocenters. The Hall–Kier alpha value is -2.20. The first-order valence-electron chi connectivity index (χ1n) is 5.46. The van der Waals surface area contributed by atoms with Gasteiger partial charge in [-0.2, -0.15) is 0 Å². The number of aldehydes is 1. The van der Waals surface area contributed by atoms with Gasteiger partial charge < -0.3 is 5.73 Å². The number of nitrogens with zero attached hydrogens (tertiary/aromatic N) is 1. The third kappa shape index (κ3) is 1.67. The molecule has 3 nitrogen and oxygen atoms in total. The molecular formula is C14H10N2OS. The molecule has 0 amide bonds. The summed E-state index contributed by atoms with van der Waals surface area (Å²) >= 11 is 1.39. The number of aromatic nitrogens is 1. The fourth-order valence-corrected chi connectivity index (χ4v) is 2.77. The molecule has 3 aromatic rings. The summed E-state index contributed by atoms with van der Waals surface area (Å²) in [7, 11) is 0. The minimum atomic E-state index is 0.565. The molecule has 0 atom stereocenters. The number of pyridine rings is 1. The fourth-order valence-electron chi connectivity index (χ4n) is 1.98. The van der Waals surface area contributed by atoms with Gasteiger partial charge in [-0.15, -0.1) is 11.3 Å². The van der Waals surface area contributed by atoms with Crippen LogP contribution in [-0.2, 0) is 0 Å². The Morgan fingerprint density at radius 3 is 2.94 bits per heavy atom. The van der Waals surface area contributed by atoms with Crippen LogP contribution in [0.25, 0.3) is 21.9 Å². The van der Waals surface area contributed by atoms with E-state index in [0.717, 1.165) is 28.2 Å². The highest BCUT2D eigenvalue weighted by Crippen LogP contribution is 2.33. The molecule has 0 aliphatic heterocycles. The number of benzene rings is 1. The number of carbonyl (C=O) groups is 1. The largest absolute Gasteiger partial charge is 0.390 e.